The SMILES string of the molecule is CC(C)n1c(Cl)nc2c(-c3cscn3)cccc21.CC(C)n1c(O[C@@H]2C[C@H]3C(=O)N[C@]4(C(=O)NS(=O)(=O)N(C)C)C[C@H]4/C=C\CCCCC[C@H](NC(=O)OC(C)(C)C)C(=O)N3C2)nc2c(-c3cscn3)cccc21.CN(C)S(=O)(=O)NC(=O)[C@]12CC(=O)[C@@H]3C[C@@H](O)CN3C(=O)[C@@H](NC(=O)OC(C)(C)C)CCCCC/C=C\[C@@H]1C2. The van der Waals surface area contributed by atoms with Crippen molar-refractivity contribution >= 4 is 124 Å². The lowest BCUT2D eigenvalue weighted by atomic mass is 9.91. The van der Waals surface area contributed by atoms with Crippen LogP contribution < -0.4 is 30.1 Å². The maximum Gasteiger partial charge on any atom is 0.408 e. The third-order valence-corrected chi connectivity index (χ3v) is 24.8. The summed E-state index contributed by atoms with van der Waals surface area (Å²) in [6, 6.07) is 8.35. The lowest BCUT2D eigenvalue weighted by Crippen LogP contribution is -2.58. The van der Waals surface area contributed by atoms with Gasteiger partial charge >= 0.3 is 32.6 Å². The lowest BCUT2D eigenvalue weighted by Gasteiger charge is -2.30. The molecule has 31 nitrogen and oxygen atoms in total. The maximum absolute atomic E-state index is 14.6. The summed E-state index contributed by atoms with van der Waals surface area (Å²) < 4.78 is 77.6. The van der Waals surface area contributed by atoms with Crippen molar-refractivity contribution < 1.29 is 74.5 Å². The molecule has 0 radical (unpaired) electrons. The summed E-state index contributed by atoms with van der Waals surface area (Å²) in [7, 11) is -3.06. The first-order valence-electron chi connectivity index (χ1n) is 38.2. The van der Waals surface area contributed by atoms with Gasteiger partial charge in [0.2, 0.25) is 28.9 Å². The minimum Gasteiger partial charge on any atom is -0.459 e. The Morgan fingerprint density at radius 2 is 1.14 bits per heavy atom. The van der Waals surface area contributed by atoms with Crippen LogP contribution in [-0.2, 0) is 58.7 Å². The lowest BCUT2D eigenvalue weighted by molar-refractivity contribution is -0.141. The number of amides is 7. The van der Waals surface area contributed by atoms with E-state index in [4.69, 9.17) is 30.8 Å². The van der Waals surface area contributed by atoms with Crippen LogP contribution in [0.25, 0.3) is 44.6 Å². The number of Topliss-reactive ketones (excluding diaryl/α,β-unsaturated/α-hetero) is 1. The van der Waals surface area contributed by atoms with E-state index in [9.17, 15) is 60.3 Å². The number of nitrogens with one attached hydrogen (secondary N) is 5. The van der Waals surface area contributed by atoms with E-state index in [-0.39, 0.29) is 56.8 Å². The zero-order chi connectivity index (χ0) is 82.4. The van der Waals surface area contributed by atoms with Crippen LogP contribution in [0.4, 0.5) is 9.59 Å². The van der Waals surface area contributed by atoms with Crippen LogP contribution in [0.3, 0.4) is 0 Å². The number of hydrogen-bond donors (Lipinski definition) is 6. The summed E-state index contributed by atoms with van der Waals surface area (Å²) in [5.74, 6) is -4.49. The van der Waals surface area contributed by atoms with Gasteiger partial charge in [0.25, 0.3) is 11.9 Å². The summed E-state index contributed by atoms with van der Waals surface area (Å²) in [6.07, 6.45) is 11.1. The average molecular weight is 1660 g/mol. The summed E-state index contributed by atoms with van der Waals surface area (Å²) in [6.45, 7) is 18.4. The van der Waals surface area contributed by atoms with Gasteiger partial charge < -0.3 is 49.6 Å². The minimum absolute atomic E-state index is 0.00205. The number of rotatable bonds is 14. The van der Waals surface area contributed by atoms with Gasteiger partial charge in [0.15, 0.2) is 5.78 Å². The Labute approximate surface area is 673 Å². The van der Waals surface area contributed by atoms with E-state index < -0.39 is 132 Å². The Morgan fingerprint density at radius 1 is 0.646 bits per heavy atom. The molecule has 6 aliphatic rings. The quantitative estimate of drug-likeness (QED) is 0.0552. The summed E-state index contributed by atoms with van der Waals surface area (Å²) in [5.41, 5.74) is 6.30. The second-order valence-corrected chi connectivity index (χ2v) is 38.1. The number of carbonyl (C=O) groups excluding carboxylic acids is 8. The summed E-state index contributed by atoms with van der Waals surface area (Å²) in [5, 5.41) is 23.2. The standard InChI is InChI=1S/C38H52N8O8S2.C26H42N4O8S.C13H12ClN3S/c1-23(2)46-29-17-13-15-26(28-21-55-22-39-28)31(29)41-35(46)53-25-18-30-32(47)42-38(34(49)43-56(51,52)44(6)7)19-24(38)14-11-9-8-10-12-16-27(33(48)45(30)20-25)40-36(50)54-37(3,4)5;1-25(2,3)38-24(35)27-19-12-10-8-6-7-9-11-17-14-26(17,23(34)28-39(36,37)29(4)5)15-21(32)20-13-18(31)16-30(20)22(19)33;1-8(2)17-11-5-3-4-9(10-6-18-7-15-10)12(11)16-13(17)14/h11,13-15,17,21-25,27,30H,8-10,12,16,18-20H2,1-7H3,(H,40,50)(H,42,47)(H,43,49);9,11,17-20,31H,6-8,10,12-16H2,1-5H3,(H,27,35)(H,28,34);3-8H,1-2H3/b14-11-;11-9-;/t24-,25-,27+,30+,38-;17-,18-,19+,20+,26-;/m11./s1. The van der Waals surface area contributed by atoms with Gasteiger partial charge in [-0.15, -0.1) is 22.7 Å². The van der Waals surface area contributed by atoms with Gasteiger partial charge in [-0.25, -0.2) is 34.0 Å². The number of nitrogens with zero attached hydrogens (tertiary/aromatic N) is 10. The van der Waals surface area contributed by atoms with Crippen LogP contribution in [0, 0.1) is 17.3 Å². The highest BCUT2D eigenvalue weighted by molar-refractivity contribution is 7.88. The van der Waals surface area contributed by atoms with E-state index in [0.717, 1.165) is 79.8 Å². The molecule has 4 fully saturated rings. The predicted molar refractivity (Wildman–Crippen MR) is 430 cm³/mol. The average Bonchev–Trinajstić information content (AvgIpc) is 1.58. The molecule has 616 valence electrons. The van der Waals surface area contributed by atoms with E-state index in [1.165, 1.54) is 49.3 Å². The Hall–Kier alpha value is -8.45. The number of imidazole rings is 2. The van der Waals surface area contributed by atoms with E-state index in [0.29, 0.717) is 55.3 Å². The molecule has 0 bridgehead atoms. The van der Waals surface area contributed by atoms with Gasteiger partial charge in [0.1, 0.15) is 46.5 Å². The molecule has 4 aromatic heterocycles. The number of hydrogen-bond acceptors (Lipinski definition) is 22. The van der Waals surface area contributed by atoms with Gasteiger partial charge in [-0.2, -0.15) is 30.4 Å². The van der Waals surface area contributed by atoms with Crippen molar-refractivity contribution in [2.45, 2.75) is 231 Å². The molecule has 4 aliphatic heterocycles. The van der Waals surface area contributed by atoms with Crippen LogP contribution in [0.15, 0.2) is 82.5 Å². The Bertz CT molecular complexity index is 4760. The Balaban J connectivity index is 0.000000203. The number of benzene rings is 2. The van der Waals surface area contributed by atoms with Crippen LogP contribution in [0.5, 0.6) is 6.01 Å². The molecule has 6 N–H and O–H groups in total. The van der Waals surface area contributed by atoms with Gasteiger partial charge in [-0.05, 0) is 150 Å². The van der Waals surface area contributed by atoms with Gasteiger partial charge in [-0.1, -0.05) is 74.3 Å². The normalized spacial score (nSPS) is 25.3. The number of aliphatic hydroxyl groups is 1. The van der Waals surface area contributed by atoms with Gasteiger partial charge in [0.05, 0.1) is 63.1 Å². The molecule has 8 heterocycles. The number of para-hydroxylation sites is 2. The fourth-order valence-electron chi connectivity index (χ4n) is 14.6. The fraction of sp³-hybridized carbons (Fsp3) is 0.584. The molecule has 113 heavy (non-hydrogen) atoms. The van der Waals surface area contributed by atoms with Gasteiger partial charge in [-0.3, -0.25) is 33.3 Å². The molecule has 0 unspecified atom stereocenters. The largest absolute Gasteiger partial charge is 0.459 e. The highest BCUT2D eigenvalue weighted by Gasteiger charge is 2.63. The monoisotopic (exact) mass is 1660 g/mol. The Kier molecular flexibility index (Phi) is 27.5. The molecular formula is C77H106ClN15O16S4. The molecule has 12 rings (SSSR count). The number of halogens is 1. The number of fused-ring (bicyclic) bond motifs is 6. The first kappa shape index (κ1) is 86.9. The predicted octanol–water partition coefficient (Wildman–Crippen LogP) is 9.94. The second-order valence-electron chi connectivity index (χ2n) is 32.5. The number of thiazole rings is 2. The van der Waals surface area contributed by atoms with Crippen molar-refractivity contribution in [3.05, 3.63) is 87.8 Å². The molecule has 10 atom stereocenters. The van der Waals surface area contributed by atoms with Crippen LogP contribution >= 0.6 is 34.3 Å². The topological polar surface area (TPSA) is 387 Å². The van der Waals surface area contributed by atoms with E-state index in [1.807, 2.05) is 100.0 Å². The number of aromatic nitrogens is 6. The van der Waals surface area contributed by atoms with Crippen LogP contribution in [0.1, 0.15) is 178 Å². The van der Waals surface area contributed by atoms with E-state index in [1.54, 1.807) is 58.4 Å². The van der Waals surface area contributed by atoms with Crippen molar-refractivity contribution in [1.82, 2.24) is 72.9 Å². The molecule has 2 aliphatic carbocycles. The number of carbonyl (C=O) groups is 8. The number of allylic oxidation sites excluding steroid dienone is 3. The van der Waals surface area contributed by atoms with E-state index in [2.05, 4.69) is 54.2 Å². The number of alkyl carbamates (subject to hydrolysis) is 2. The Morgan fingerprint density at radius 3 is 1.64 bits per heavy atom. The maximum atomic E-state index is 14.6. The molecule has 0 spiro atoms. The van der Waals surface area contributed by atoms with Crippen molar-refractivity contribution in [3.8, 4) is 28.5 Å². The summed E-state index contributed by atoms with van der Waals surface area (Å²) in [4.78, 5) is 130. The number of ketones is 1. The third kappa shape index (κ3) is 21.0. The smallest absolute Gasteiger partial charge is 0.408 e. The molecule has 2 aromatic carbocycles. The molecular weight excluding hydrogens is 1550 g/mol. The third-order valence-electron chi connectivity index (χ3n) is 20.6. The minimum atomic E-state index is -4.17. The van der Waals surface area contributed by atoms with Crippen LogP contribution in [-0.4, -0.2) is 211 Å². The van der Waals surface area contributed by atoms with E-state index >= 15 is 0 Å². The molecule has 36 heteroatoms. The van der Waals surface area contributed by atoms with Crippen molar-refractivity contribution in [2.24, 2.45) is 17.3 Å². The van der Waals surface area contributed by atoms with Gasteiger partial charge in [0, 0.05) is 93.9 Å². The second kappa shape index (κ2) is 35.7. The van der Waals surface area contributed by atoms with Crippen LogP contribution in [0.2, 0.25) is 5.28 Å². The molecule has 6 aromatic rings. The highest BCUT2D eigenvalue weighted by Crippen LogP contribution is 2.57. The molecule has 2 saturated heterocycles. The zero-order valence-corrected chi connectivity index (χ0v) is 70.5. The molecule has 2 saturated carbocycles. The number of aliphatic hydroxyl groups excluding tert-OH is 1. The van der Waals surface area contributed by atoms with Crippen molar-refractivity contribution in [3.63, 3.8) is 0 Å². The molecule has 7 amide bonds. The zero-order valence-electron chi connectivity index (χ0n) is 66.4. The highest BCUT2D eigenvalue weighted by atomic mass is 35.5. The van der Waals surface area contributed by atoms with Crippen molar-refractivity contribution in [2.75, 3.05) is 41.3 Å². The fourth-order valence-corrected chi connectivity index (χ4v) is 17.3. The first-order valence-corrected chi connectivity index (χ1v) is 43.3. The summed E-state index contributed by atoms with van der Waals surface area (Å²) >= 11 is 9.29. The number of ether oxygens (including phenoxy) is 3. The first-order chi connectivity index (χ1) is 53.1. The van der Waals surface area contributed by atoms with Crippen molar-refractivity contribution in [1.29, 1.82) is 0 Å².